The zero-order valence-corrected chi connectivity index (χ0v) is 11.9. The van der Waals surface area contributed by atoms with Gasteiger partial charge in [0.25, 0.3) is 0 Å². The van der Waals surface area contributed by atoms with Crippen molar-refractivity contribution in [1.82, 2.24) is 10.3 Å². The van der Waals surface area contributed by atoms with Crippen molar-refractivity contribution in [2.75, 3.05) is 32.2 Å². The van der Waals surface area contributed by atoms with Crippen LogP contribution < -0.4 is 10.2 Å². The van der Waals surface area contributed by atoms with Crippen LogP contribution in [0.15, 0.2) is 18.3 Å². The van der Waals surface area contributed by atoms with Gasteiger partial charge < -0.3 is 15.0 Å². The fourth-order valence-corrected chi connectivity index (χ4v) is 1.77. The summed E-state index contributed by atoms with van der Waals surface area (Å²) in [4.78, 5) is 6.74. The maximum atomic E-state index is 5.02. The van der Waals surface area contributed by atoms with Crippen LogP contribution >= 0.6 is 0 Å². The lowest BCUT2D eigenvalue weighted by Gasteiger charge is -2.27. The van der Waals surface area contributed by atoms with Crippen LogP contribution in [0.3, 0.4) is 0 Å². The molecule has 4 heteroatoms. The number of nitrogens with one attached hydrogen (secondary N) is 1. The van der Waals surface area contributed by atoms with Crippen molar-refractivity contribution >= 4 is 5.82 Å². The molecule has 0 saturated carbocycles. The summed E-state index contributed by atoms with van der Waals surface area (Å²) in [6, 6.07) is 4.61. The van der Waals surface area contributed by atoms with E-state index >= 15 is 0 Å². The third-order valence-electron chi connectivity index (χ3n) is 3.25. The minimum absolute atomic E-state index is 0.498. The molecule has 0 radical (unpaired) electrons. The van der Waals surface area contributed by atoms with Crippen LogP contribution in [0.1, 0.15) is 25.8 Å². The Bertz CT molecular complexity index is 344. The van der Waals surface area contributed by atoms with Crippen molar-refractivity contribution in [2.45, 2.75) is 32.9 Å². The maximum absolute atomic E-state index is 5.02. The highest BCUT2D eigenvalue weighted by Crippen LogP contribution is 2.18. The number of hydrogen-bond donors (Lipinski definition) is 1. The third-order valence-corrected chi connectivity index (χ3v) is 3.25. The Morgan fingerprint density at radius 1 is 1.50 bits per heavy atom. The SMILES string of the molecule is CCC(C)N(C)c1ncccc1CNCCOC. The van der Waals surface area contributed by atoms with Crippen molar-refractivity contribution in [3.8, 4) is 0 Å². The van der Waals surface area contributed by atoms with E-state index in [1.165, 1.54) is 5.56 Å². The first-order chi connectivity index (χ1) is 8.70. The average molecular weight is 251 g/mol. The number of ether oxygens (including phenoxy) is 1. The molecule has 0 aliphatic rings. The van der Waals surface area contributed by atoms with Crippen LogP contribution in [0.2, 0.25) is 0 Å². The summed E-state index contributed by atoms with van der Waals surface area (Å²) >= 11 is 0. The van der Waals surface area contributed by atoms with Gasteiger partial charge in [0.1, 0.15) is 5.82 Å². The smallest absolute Gasteiger partial charge is 0.132 e. The Balaban J connectivity index is 2.67. The summed E-state index contributed by atoms with van der Waals surface area (Å²) in [6.07, 6.45) is 2.97. The van der Waals surface area contributed by atoms with Gasteiger partial charge in [0, 0.05) is 45.0 Å². The van der Waals surface area contributed by atoms with E-state index in [1.54, 1.807) is 7.11 Å². The molecule has 4 nitrogen and oxygen atoms in total. The van der Waals surface area contributed by atoms with Crippen molar-refractivity contribution in [1.29, 1.82) is 0 Å². The molecule has 0 spiro atoms. The Morgan fingerprint density at radius 2 is 2.28 bits per heavy atom. The van der Waals surface area contributed by atoms with Gasteiger partial charge in [-0.2, -0.15) is 0 Å². The topological polar surface area (TPSA) is 37.4 Å². The maximum Gasteiger partial charge on any atom is 0.132 e. The minimum Gasteiger partial charge on any atom is -0.383 e. The predicted molar refractivity (Wildman–Crippen MR) is 76.0 cm³/mol. The lowest BCUT2D eigenvalue weighted by Crippen LogP contribution is -2.30. The largest absolute Gasteiger partial charge is 0.383 e. The highest BCUT2D eigenvalue weighted by Gasteiger charge is 2.12. The second-order valence-electron chi connectivity index (χ2n) is 4.52. The second-order valence-corrected chi connectivity index (χ2v) is 4.52. The highest BCUT2D eigenvalue weighted by atomic mass is 16.5. The fraction of sp³-hybridized carbons (Fsp3) is 0.643. The number of pyridine rings is 1. The number of aromatic nitrogens is 1. The first kappa shape index (κ1) is 14.9. The summed E-state index contributed by atoms with van der Waals surface area (Å²) in [5.74, 6) is 1.07. The number of rotatable bonds is 8. The van der Waals surface area contributed by atoms with Gasteiger partial charge >= 0.3 is 0 Å². The molecule has 0 saturated heterocycles. The zero-order chi connectivity index (χ0) is 13.4. The zero-order valence-electron chi connectivity index (χ0n) is 11.9. The van der Waals surface area contributed by atoms with Gasteiger partial charge in [-0.3, -0.25) is 0 Å². The van der Waals surface area contributed by atoms with Gasteiger partial charge in [0.2, 0.25) is 0 Å². The summed E-state index contributed by atoms with van der Waals surface area (Å²) in [5, 5.41) is 3.36. The molecule has 1 rings (SSSR count). The first-order valence-electron chi connectivity index (χ1n) is 6.57. The normalized spacial score (nSPS) is 12.4. The number of anilines is 1. The molecule has 0 fully saturated rings. The van der Waals surface area contributed by atoms with Crippen LogP contribution in [0.4, 0.5) is 5.82 Å². The standard InChI is InChI=1S/C14H25N3O/c1-5-12(2)17(3)14-13(7-6-8-16-14)11-15-9-10-18-4/h6-8,12,15H,5,9-11H2,1-4H3. The molecule has 1 atom stereocenters. The monoisotopic (exact) mass is 251 g/mol. The van der Waals surface area contributed by atoms with E-state index in [0.717, 1.165) is 31.9 Å². The molecule has 1 heterocycles. The molecular weight excluding hydrogens is 226 g/mol. The van der Waals surface area contributed by atoms with Gasteiger partial charge in [-0.05, 0) is 19.4 Å². The van der Waals surface area contributed by atoms with Crippen LogP contribution in [0.25, 0.3) is 0 Å². The van der Waals surface area contributed by atoms with Crippen LogP contribution in [0.5, 0.6) is 0 Å². The Morgan fingerprint density at radius 3 is 2.94 bits per heavy atom. The summed E-state index contributed by atoms with van der Waals surface area (Å²) < 4.78 is 5.02. The van der Waals surface area contributed by atoms with Crippen molar-refractivity contribution in [3.05, 3.63) is 23.9 Å². The molecule has 1 N–H and O–H groups in total. The van der Waals surface area contributed by atoms with Gasteiger partial charge in [-0.15, -0.1) is 0 Å². The van der Waals surface area contributed by atoms with Gasteiger partial charge in [-0.1, -0.05) is 13.0 Å². The quantitative estimate of drug-likeness (QED) is 0.718. The van der Waals surface area contributed by atoms with E-state index in [4.69, 9.17) is 4.74 Å². The van der Waals surface area contributed by atoms with E-state index in [0.29, 0.717) is 6.04 Å². The number of nitrogens with zero attached hydrogens (tertiary/aromatic N) is 2. The number of methoxy groups -OCH3 is 1. The van der Waals surface area contributed by atoms with E-state index < -0.39 is 0 Å². The molecule has 0 aliphatic carbocycles. The Labute approximate surface area is 110 Å². The lowest BCUT2D eigenvalue weighted by atomic mass is 10.2. The van der Waals surface area contributed by atoms with Gasteiger partial charge in [0.05, 0.1) is 6.61 Å². The lowest BCUT2D eigenvalue weighted by molar-refractivity contribution is 0.199. The predicted octanol–water partition coefficient (Wildman–Crippen LogP) is 2.05. The van der Waals surface area contributed by atoms with Gasteiger partial charge in [-0.25, -0.2) is 4.98 Å². The molecule has 18 heavy (non-hydrogen) atoms. The Hall–Kier alpha value is -1.13. The van der Waals surface area contributed by atoms with Crippen LogP contribution in [-0.2, 0) is 11.3 Å². The molecule has 1 unspecified atom stereocenters. The average Bonchev–Trinajstić information content (AvgIpc) is 2.42. The third kappa shape index (κ3) is 4.27. The first-order valence-corrected chi connectivity index (χ1v) is 6.57. The van der Waals surface area contributed by atoms with Crippen molar-refractivity contribution < 1.29 is 4.74 Å². The van der Waals surface area contributed by atoms with E-state index in [1.807, 2.05) is 12.3 Å². The van der Waals surface area contributed by atoms with E-state index in [-0.39, 0.29) is 0 Å². The molecular formula is C14H25N3O. The molecule has 0 amide bonds. The van der Waals surface area contributed by atoms with Crippen LogP contribution in [-0.4, -0.2) is 38.3 Å². The molecule has 1 aromatic heterocycles. The highest BCUT2D eigenvalue weighted by molar-refractivity contribution is 5.46. The van der Waals surface area contributed by atoms with Crippen LogP contribution in [0, 0.1) is 0 Å². The molecule has 0 aromatic carbocycles. The summed E-state index contributed by atoms with van der Waals surface area (Å²) in [5.41, 5.74) is 1.23. The minimum atomic E-state index is 0.498. The summed E-state index contributed by atoms with van der Waals surface area (Å²) in [6.45, 7) is 6.83. The molecule has 1 aromatic rings. The molecule has 102 valence electrons. The van der Waals surface area contributed by atoms with Crippen molar-refractivity contribution in [2.24, 2.45) is 0 Å². The van der Waals surface area contributed by atoms with Crippen molar-refractivity contribution in [3.63, 3.8) is 0 Å². The van der Waals surface area contributed by atoms with E-state index in [2.05, 4.69) is 42.2 Å². The molecule has 0 bridgehead atoms. The van der Waals surface area contributed by atoms with E-state index in [9.17, 15) is 0 Å². The number of hydrogen-bond acceptors (Lipinski definition) is 4. The fourth-order valence-electron chi connectivity index (χ4n) is 1.77. The summed E-state index contributed by atoms with van der Waals surface area (Å²) in [7, 11) is 3.82. The second kappa shape index (κ2) is 8.06. The van der Waals surface area contributed by atoms with Gasteiger partial charge in [0.15, 0.2) is 0 Å². The Kier molecular flexibility index (Phi) is 6.68. The molecule has 0 aliphatic heterocycles.